The predicted octanol–water partition coefficient (Wildman–Crippen LogP) is 6.86. The first-order chi connectivity index (χ1) is 20.3. The van der Waals surface area contributed by atoms with Crippen molar-refractivity contribution in [3.05, 3.63) is 97.1 Å². The SMILES string of the molecule is CC(C)(C)Oc1ccc(S(=O)(=O)c2ccc(OCCCCCOc3ccc(S(=O)(=O)c4ccc(O)cc4)cc3)cc2)cc1. The van der Waals surface area contributed by atoms with Crippen molar-refractivity contribution in [1.29, 1.82) is 0 Å². The molecule has 0 bridgehead atoms. The number of aromatic hydroxyl groups is 1. The van der Waals surface area contributed by atoms with Gasteiger partial charge in [-0.05, 0) is 137 Å². The molecule has 4 rings (SSSR count). The zero-order valence-corrected chi connectivity index (χ0v) is 26.0. The molecular formula is C33H36O8S2. The number of phenols is 1. The minimum Gasteiger partial charge on any atom is -0.508 e. The van der Waals surface area contributed by atoms with E-state index in [1.165, 1.54) is 36.4 Å². The molecule has 0 saturated heterocycles. The van der Waals surface area contributed by atoms with E-state index in [1.54, 1.807) is 60.7 Å². The largest absolute Gasteiger partial charge is 0.508 e. The standard InChI is InChI=1S/C33H36O8S2/c1-33(2,3)41-28-13-21-32(22-14-28)43(37,38)31-19-11-27(12-20-31)40-24-6-4-5-23-39-26-9-17-30(18-10-26)42(35,36)29-15-7-25(34)8-16-29/h7-22,34H,4-6,23-24H2,1-3H3. The van der Waals surface area contributed by atoms with Gasteiger partial charge in [0, 0.05) is 0 Å². The highest BCUT2D eigenvalue weighted by atomic mass is 32.2. The van der Waals surface area contributed by atoms with Crippen LogP contribution in [0, 0.1) is 0 Å². The molecule has 0 atom stereocenters. The monoisotopic (exact) mass is 624 g/mol. The minimum atomic E-state index is -3.67. The summed E-state index contributed by atoms with van der Waals surface area (Å²) in [5.41, 5.74) is -0.372. The van der Waals surface area contributed by atoms with Crippen LogP contribution in [-0.4, -0.2) is 40.8 Å². The number of benzene rings is 4. The number of ether oxygens (including phenoxy) is 3. The highest BCUT2D eigenvalue weighted by Crippen LogP contribution is 2.27. The molecule has 0 saturated carbocycles. The van der Waals surface area contributed by atoms with Gasteiger partial charge in [-0.3, -0.25) is 0 Å². The smallest absolute Gasteiger partial charge is 0.206 e. The quantitative estimate of drug-likeness (QED) is 0.160. The number of unbranched alkanes of at least 4 members (excludes halogenated alkanes) is 2. The van der Waals surface area contributed by atoms with Crippen LogP contribution in [0.15, 0.2) is 117 Å². The van der Waals surface area contributed by atoms with Crippen molar-refractivity contribution in [2.45, 2.75) is 65.2 Å². The van der Waals surface area contributed by atoms with Gasteiger partial charge in [0.15, 0.2) is 0 Å². The molecular weight excluding hydrogens is 588 g/mol. The fraction of sp³-hybridized carbons (Fsp3) is 0.273. The number of hydrogen-bond acceptors (Lipinski definition) is 8. The lowest BCUT2D eigenvalue weighted by molar-refractivity contribution is 0.131. The van der Waals surface area contributed by atoms with Gasteiger partial charge in [0.2, 0.25) is 19.7 Å². The van der Waals surface area contributed by atoms with Gasteiger partial charge < -0.3 is 19.3 Å². The molecule has 0 amide bonds. The van der Waals surface area contributed by atoms with Gasteiger partial charge in [-0.1, -0.05) is 0 Å². The Bertz CT molecular complexity index is 1690. The van der Waals surface area contributed by atoms with E-state index in [0.29, 0.717) is 30.5 Å². The Morgan fingerprint density at radius 1 is 0.512 bits per heavy atom. The lowest BCUT2D eigenvalue weighted by Crippen LogP contribution is -2.22. The molecule has 0 radical (unpaired) electrons. The molecule has 0 fully saturated rings. The number of rotatable bonds is 13. The van der Waals surface area contributed by atoms with E-state index in [0.717, 1.165) is 19.3 Å². The average Bonchev–Trinajstić information content (AvgIpc) is 2.97. The topological polar surface area (TPSA) is 116 Å². The second-order valence-electron chi connectivity index (χ2n) is 10.9. The Hall–Kier alpha value is -4.02. The number of hydrogen-bond donors (Lipinski definition) is 1. The van der Waals surface area contributed by atoms with E-state index in [-0.39, 0.29) is 30.9 Å². The molecule has 43 heavy (non-hydrogen) atoms. The van der Waals surface area contributed by atoms with Gasteiger partial charge >= 0.3 is 0 Å². The summed E-state index contributed by atoms with van der Waals surface area (Å²) in [5.74, 6) is 1.77. The van der Waals surface area contributed by atoms with Crippen LogP contribution >= 0.6 is 0 Å². The molecule has 0 aliphatic rings. The fourth-order valence-electron chi connectivity index (χ4n) is 4.13. The Labute approximate surface area is 253 Å². The summed E-state index contributed by atoms with van der Waals surface area (Å²) >= 11 is 0. The van der Waals surface area contributed by atoms with Gasteiger partial charge in [-0.2, -0.15) is 0 Å². The molecule has 0 aliphatic carbocycles. The maximum absolute atomic E-state index is 13.0. The normalized spacial score (nSPS) is 12.1. The Morgan fingerprint density at radius 3 is 1.19 bits per heavy atom. The first-order valence-electron chi connectivity index (χ1n) is 13.9. The van der Waals surface area contributed by atoms with E-state index in [4.69, 9.17) is 14.2 Å². The highest BCUT2D eigenvalue weighted by molar-refractivity contribution is 7.91. The summed E-state index contributed by atoms with van der Waals surface area (Å²) in [7, 11) is -7.34. The van der Waals surface area contributed by atoms with Gasteiger partial charge in [0.1, 0.15) is 28.6 Å². The summed E-state index contributed by atoms with van der Waals surface area (Å²) in [6.45, 7) is 6.74. The third-order valence-electron chi connectivity index (χ3n) is 6.30. The second-order valence-corrected chi connectivity index (χ2v) is 14.8. The molecule has 1 N–H and O–H groups in total. The van der Waals surface area contributed by atoms with Crippen molar-refractivity contribution in [3.8, 4) is 23.0 Å². The zero-order valence-electron chi connectivity index (χ0n) is 24.4. The van der Waals surface area contributed by atoms with Gasteiger partial charge in [0.25, 0.3) is 0 Å². The van der Waals surface area contributed by atoms with Crippen LogP contribution < -0.4 is 14.2 Å². The molecule has 10 heteroatoms. The van der Waals surface area contributed by atoms with Crippen molar-refractivity contribution < 1.29 is 36.2 Å². The maximum Gasteiger partial charge on any atom is 0.206 e. The Balaban J connectivity index is 1.17. The first kappa shape index (κ1) is 31.9. The third kappa shape index (κ3) is 8.75. The van der Waals surface area contributed by atoms with Crippen molar-refractivity contribution >= 4 is 19.7 Å². The van der Waals surface area contributed by atoms with Gasteiger partial charge in [0.05, 0.1) is 32.8 Å². The van der Waals surface area contributed by atoms with Crippen LogP contribution in [0.1, 0.15) is 40.0 Å². The van der Waals surface area contributed by atoms with E-state index < -0.39 is 19.7 Å². The van der Waals surface area contributed by atoms with E-state index >= 15 is 0 Å². The second kappa shape index (κ2) is 13.5. The van der Waals surface area contributed by atoms with Gasteiger partial charge in [-0.15, -0.1) is 0 Å². The zero-order chi connectivity index (χ0) is 31.1. The van der Waals surface area contributed by atoms with E-state index in [9.17, 15) is 21.9 Å². The van der Waals surface area contributed by atoms with Crippen molar-refractivity contribution in [2.24, 2.45) is 0 Å². The van der Waals surface area contributed by atoms with E-state index in [1.807, 2.05) is 20.8 Å². The Kier molecular flexibility index (Phi) is 10.0. The summed E-state index contributed by atoms with van der Waals surface area (Å²) < 4.78 is 68.7. The molecule has 0 heterocycles. The van der Waals surface area contributed by atoms with Crippen molar-refractivity contribution in [2.75, 3.05) is 13.2 Å². The summed E-state index contributed by atoms with van der Waals surface area (Å²) in [6, 6.07) is 24.4. The molecule has 0 unspecified atom stereocenters. The molecule has 0 spiro atoms. The van der Waals surface area contributed by atoms with Crippen LogP contribution in [0.25, 0.3) is 0 Å². The molecule has 8 nitrogen and oxygen atoms in total. The number of phenolic OH excluding ortho intramolecular Hbond substituents is 1. The first-order valence-corrected chi connectivity index (χ1v) is 16.9. The summed E-state index contributed by atoms with van der Waals surface area (Å²) in [6.07, 6.45) is 2.43. The maximum atomic E-state index is 13.0. The summed E-state index contributed by atoms with van der Waals surface area (Å²) in [4.78, 5) is 0.635. The molecule has 0 aliphatic heterocycles. The molecule has 228 valence electrons. The molecule has 0 aromatic heterocycles. The lowest BCUT2D eigenvalue weighted by Gasteiger charge is -2.21. The third-order valence-corrected chi connectivity index (χ3v) is 9.87. The summed E-state index contributed by atoms with van der Waals surface area (Å²) in [5, 5.41) is 9.39. The lowest BCUT2D eigenvalue weighted by atomic mass is 10.2. The van der Waals surface area contributed by atoms with Crippen LogP contribution in [0.2, 0.25) is 0 Å². The van der Waals surface area contributed by atoms with Crippen molar-refractivity contribution in [3.63, 3.8) is 0 Å². The van der Waals surface area contributed by atoms with Crippen LogP contribution in [0.3, 0.4) is 0 Å². The highest BCUT2D eigenvalue weighted by Gasteiger charge is 2.19. The Morgan fingerprint density at radius 2 is 0.837 bits per heavy atom. The van der Waals surface area contributed by atoms with Crippen LogP contribution in [0.4, 0.5) is 0 Å². The molecule has 4 aromatic rings. The molecule has 4 aromatic carbocycles. The van der Waals surface area contributed by atoms with Crippen molar-refractivity contribution in [1.82, 2.24) is 0 Å². The fourth-order valence-corrected chi connectivity index (χ4v) is 6.65. The van der Waals surface area contributed by atoms with Crippen LogP contribution in [-0.2, 0) is 19.7 Å². The van der Waals surface area contributed by atoms with E-state index in [2.05, 4.69) is 0 Å². The van der Waals surface area contributed by atoms with Gasteiger partial charge in [-0.25, -0.2) is 16.8 Å². The minimum absolute atomic E-state index is 0.00182. The van der Waals surface area contributed by atoms with Crippen LogP contribution in [0.5, 0.6) is 23.0 Å². The average molecular weight is 625 g/mol. The predicted molar refractivity (Wildman–Crippen MR) is 164 cm³/mol. The number of sulfone groups is 2.